The van der Waals surface area contributed by atoms with Crippen molar-refractivity contribution in [2.45, 2.75) is 13.8 Å². The Kier molecular flexibility index (Phi) is 2.30. The molecule has 0 fully saturated rings. The highest BCUT2D eigenvalue weighted by atomic mass is 16.5. The number of aryl methyl sites for hydroxylation is 1. The topological polar surface area (TPSA) is 35.2 Å². The SMILES string of the molecule is CC1=C(CN)COc2cc(C)ccc21. The molecule has 1 aliphatic rings. The molecular weight excluding hydrogens is 174 g/mol. The van der Waals surface area contributed by atoms with E-state index in [2.05, 4.69) is 32.0 Å². The number of rotatable bonds is 1. The van der Waals surface area contributed by atoms with E-state index in [1.54, 1.807) is 0 Å². The van der Waals surface area contributed by atoms with Gasteiger partial charge in [-0.1, -0.05) is 12.1 Å². The van der Waals surface area contributed by atoms with E-state index >= 15 is 0 Å². The number of nitrogens with two attached hydrogens (primary N) is 1. The van der Waals surface area contributed by atoms with Crippen LogP contribution in [0.25, 0.3) is 5.57 Å². The first kappa shape index (κ1) is 9.28. The molecule has 1 aromatic carbocycles. The Morgan fingerprint density at radius 2 is 2.14 bits per heavy atom. The molecule has 0 unspecified atom stereocenters. The number of hydrogen-bond donors (Lipinski definition) is 1. The molecule has 2 N–H and O–H groups in total. The molecule has 2 nitrogen and oxygen atoms in total. The fourth-order valence-electron chi connectivity index (χ4n) is 1.73. The minimum atomic E-state index is 0.582. The van der Waals surface area contributed by atoms with Crippen LogP contribution >= 0.6 is 0 Å². The van der Waals surface area contributed by atoms with E-state index < -0.39 is 0 Å². The van der Waals surface area contributed by atoms with Crippen LogP contribution in [-0.2, 0) is 0 Å². The van der Waals surface area contributed by atoms with E-state index in [0.717, 1.165) is 5.75 Å². The predicted octanol–water partition coefficient (Wildman–Crippen LogP) is 2.12. The van der Waals surface area contributed by atoms with Crippen LogP contribution in [0.2, 0.25) is 0 Å². The minimum Gasteiger partial charge on any atom is -0.489 e. The fourth-order valence-corrected chi connectivity index (χ4v) is 1.73. The predicted molar refractivity (Wildman–Crippen MR) is 58.3 cm³/mol. The van der Waals surface area contributed by atoms with E-state index in [9.17, 15) is 0 Å². The van der Waals surface area contributed by atoms with Crippen LogP contribution in [0.5, 0.6) is 5.75 Å². The average molecular weight is 189 g/mol. The second-order valence-corrected chi connectivity index (χ2v) is 3.72. The Labute approximate surface area is 84.4 Å². The summed E-state index contributed by atoms with van der Waals surface area (Å²) in [6, 6.07) is 6.28. The van der Waals surface area contributed by atoms with Gasteiger partial charge in [-0.15, -0.1) is 0 Å². The van der Waals surface area contributed by atoms with Crippen molar-refractivity contribution in [3.05, 3.63) is 34.9 Å². The van der Waals surface area contributed by atoms with Gasteiger partial charge in [-0.2, -0.15) is 0 Å². The molecule has 0 saturated carbocycles. The molecule has 0 bridgehead atoms. The molecule has 74 valence electrons. The Hall–Kier alpha value is -1.28. The lowest BCUT2D eigenvalue weighted by Gasteiger charge is -2.21. The highest BCUT2D eigenvalue weighted by Gasteiger charge is 2.15. The maximum Gasteiger partial charge on any atom is 0.127 e. The van der Waals surface area contributed by atoms with Gasteiger partial charge in [0.15, 0.2) is 0 Å². The van der Waals surface area contributed by atoms with Crippen molar-refractivity contribution < 1.29 is 4.74 Å². The Bertz CT molecular complexity index is 393. The fraction of sp³-hybridized carbons (Fsp3) is 0.333. The summed E-state index contributed by atoms with van der Waals surface area (Å²) in [6.07, 6.45) is 0. The van der Waals surface area contributed by atoms with Crippen molar-refractivity contribution in [2.24, 2.45) is 5.73 Å². The van der Waals surface area contributed by atoms with Gasteiger partial charge in [0.1, 0.15) is 12.4 Å². The van der Waals surface area contributed by atoms with Crippen LogP contribution in [0.1, 0.15) is 18.1 Å². The van der Waals surface area contributed by atoms with Crippen molar-refractivity contribution in [2.75, 3.05) is 13.2 Å². The number of hydrogen-bond acceptors (Lipinski definition) is 2. The van der Waals surface area contributed by atoms with Gasteiger partial charge in [-0.3, -0.25) is 0 Å². The van der Waals surface area contributed by atoms with Gasteiger partial charge in [-0.05, 0) is 36.6 Å². The summed E-state index contributed by atoms with van der Waals surface area (Å²) < 4.78 is 5.64. The Morgan fingerprint density at radius 1 is 1.36 bits per heavy atom. The number of ether oxygens (including phenoxy) is 1. The summed E-state index contributed by atoms with van der Waals surface area (Å²) in [7, 11) is 0. The number of fused-ring (bicyclic) bond motifs is 1. The molecule has 1 heterocycles. The zero-order chi connectivity index (χ0) is 10.1. The molecule has 2 rings (SSSR count). The molecule has 0 amide bonds. The molecule has 14 heavy (non-hydrogen) atoms. The van der Waals surface area contributed by atoms with E-state index in [4.69, 9.17) is 10.5 Å². The third-order valence-corrected chi connectivity index (χ3v) is 2.72. The second kappa shape index (κ2) is 3.46. The minimum absolute atomic E-state index is 0.582. The largest absolute Gasteiger partial charge is 0.489 e. The lowest BCUT2D eigenvalue weighted by atomic mass is 9.97. The van der Waals surface area contributed by atoms with Crippen molar-refractivity contribution in [1.82, 2.24) is 0 Å². The highest BCUT2D eigenvalue weighted by Crippen LogP contribution is 2.32. The lowest BCUT2D eigenvalue weighted by Crippen LogP contribution is -2.17. The van der Waals surface area contributed by atoms with Gasteiger partial charge in [0.2, 0.25) is 0 Å². The number of allylic oxidation sites excluding steroid dienone is 1. The van der Waals surface area contributed by atoms with Gasteiger partial charge in [0.05, 0.1) is 0 Å². The van der Waals surface area contributed by atoms with Gasteiger partial charge in [-0.25, -0.2) is 0 Å². The van der Waals surface area contributed by atoms with E-state index in [-0.39, 0.29) is 0 Å². The zero-order valence-corrected chi connectivity index (χ0v) is 8.63. The first-order valence-corrected chi connectivity index (χ1v) is 4.85. The average Bonchev–Trinajstić information content (AvgIpc) is 2.18. The summed E-state index contributed by atoms with van der Waals surface area (Å²) in [5.74, 6) is 0.986. The maximum absolute atomic E-state index is 5.64. The van der Waals surface area contributed by atoms with Crippen molar-refractivity contribution in [3.63, 3.8) is 0 Å². The molecular formula is C12H15NO. The first-order chi connectivity index (χ1) is 6.72. The summed E-state index contributed by atoms with van der Waals surface area (Å²) in [5, 5.41) is 0. The quantitative estimate of drug-likeness (QED) is 0.734. The Morgan fingerprint density at radius 3 is 2.86 bits per heavy atom. The normalized spacial score (nSPS) is 15.1. The molecule has 2 heteroatoms. The smallest absolute Gasteiger partial charge is 0.127 e. The third-order valence-electron chi connectivity index (χ3n) is 2.72. The molecule has 0 saturated heterocycles. The molecule has 1 aliphatic heterocycles. The van der Waals surface area contributed by atoms with Crippen molar-refractivity contribution in [1.29, 1.82) is 0 Å². The molecule has 0 aromatic heterocycles. The lowest BCUT2D eigenvalue weighted by molar-refractivity contribution is 0.344. The summed E-state index contributed by atoms with van der Waals surface area (Å²) in [5.41, 5.74) is 10.5. The van der Waals surface area contributed by atoms with Crippen LogP contribution in [-0.4, -0.2) is 13.2 Å². The van der Waals surface area contributed by atoms with Crippen molar-refractivity contribution >= 4 is 5.57 Å². The summed E-state index contributed by atoms with van der Waals surface area (Å²) in [4.78, 5) is 0. The van der Waals surface area contributed by atoms with Gasteiger partial charge >= 0.3 is 0 Å². The van der Waals surface area contributed by atoms with E-state index in [1.807, 2.05) is 0 Å². The monoisotopic (exact) mass is 189 g/mol. The van der Waals surface area contributed by atoms with Crippen LogP contribution < -0.4 is 10.5 Å². The second-order valence-electron chi connectivity index (χ2n) is 3.72. The van der Waals surface area contributed by atoms with Crippen LogP contribution in [0.3, 0.4) is 0 Å². The summed E-state index contributed by atoms with van der Waals surface area (Å²) >= 11 is 0. The van der Waals surface area contributed by atoms with Crippen molar-refractivity contribution in [3.8, 4) is 5.75 Å². The third kappa shape index (κ3) is 1.42. The molecule has 0 atom stereocenters. The van der Waals surface area contributed by atoms with Crippen LogP contribution in [0.15, 0.2) is 23.8 Å². The Balaban J connectivity index is 2.52. The van der Waals surface area contributed by atoms with Crippen LogP contribution in [0, 0.1) is 6.92 Å². The van der Waals surface area contributed by atoms with E-state index in [1.165, 1.54) is 22.3 Å². The molecule has 1 aromatic rings. The molecule has 0 aliphatic carbocycles. The summed E-state index contributed by atoms with van der Waals surface area (Å²) in [6.45, 7) is 5.40. The van der Waals surface area contributed by atoms with Gasteiger partial charge in [0.25, 0.3) is 0 Å². The first-order valence-electron chi connectivity index (χ1n) is 4.85. The van der Waals surface area contributed by atoms with E-state index in [0.29, 0.717) is 13.2 Å². The van der Waals surface area contributed by atoms with Gasteiger partial charge in [0, 0.05) is 12.1 Å². The standard InChI is InChI=1S/C12H15NO/c1-8-3-4-11-9(2)10(6-13)7-14-12(11)5-8/h3-5H,6-7,13H2,1-2H3. The number of benzene rings is 1. The molecule has 0 spiro atoms. The van der Waals surface area contributed by atoms with Crippen LogP contribution in [0.4, 0.5) is 0 Å². The zero-order valence-electron chi connectivity index (χ0n) is 8.63. The highest BCUT2D eigenvalue weighted by molar-refractivity contribution is 5.74. The van der Waals surface area contributed by atoms with Gasteiger partial charge < -0.3 is 10.5 Å². The molecule has 0 radical (unpaired) electrons. The maximum atomic E-state index is 5.64.